The topological polar surface area (TPSA) is 69.8 Å². The van der Waals surface area contributed by atoms with Crippen LogP contribution in [0, 0.1) is 5.92 Å². The molecule has 1 amide bonds. The number of hydrogen-bond donors (Lipinski definition) is 3. The molecule has 2 heterocycles. The molecule has 1 aromatic heterocycles. The van der Waals surface area contributed by atoms with Crippen molar-refractivity contribution < 1.29 is 4.79 Å². The molecule has 1 aliphatic rings. The van der Waals surface area contributed by atoms with Crippen LogP contribution in [0.25, 0.3) is 0 Å². The lowest BCUT2D eigenvalue weighted by Gasteiger charge is -2.22. The van der Waals surface area contributed by atoms with Gasteiger partial charge in [-0.25, -0.2) is 0 Å². The van der Waals surface area contributed by atoms with Crippen molar-refractivity contribution in [1.29, 1.82) is 0 Å². The number of piperidine rings is 1. The molecule has 1 atom stereocenters. The highest BCUT2D eigenvalue weighted by Gasteiger charge is 2.18. The van der Waals surface area contributed by atoms with Gasteiger partial charge in [-0.3, -0.25) is 9.89 Å². The van der Waals surface area contributed by atoms with Gasteiger partial charge >= 0.3 is 0 Å². The first-order chi connectivity index (χ1) is 8.25. The average Bonchev–Trinajstić information content (AvgIpc) is 2.83. The van der Waals surface area contributed by atoms with E-state index in [-0.39, 0.29) is 11.9 Å². The number of hydrogen-bond acceptors (Lipinski definition) is 3. The summed E-state index contributed by atoms with van der Waals surface area (Å²) in [5.74, 6) is 0.679. The zero-order valence-corrected chi connectivity index (χ0v) is 10.2. The van der Waals surface area contributed by atoms with Crippen LogP contribution in [0.4, 0.5) is 0 Å². The van der Waals surface area contributed by atoms with Crippen LogP contribution in [-0.2, 0) is 4.79 Å². The third kappa shape index (κ3) is 3.56. The molecule has 5 heteroatoms. The predicted octanol–water partition coefficient (Wildman–Crippen LogP) is 0.977. The second kappa shape index (κ2) is 5.82. The molecule has 1 aromatic rings. The number of aromatic amines is 1. The maximum Gasteiger partial charge on any atom is 0.220 e. The SMILES string of the molecule is CC(NC(=O)CC1CCNCC1)c1cn[nH]c1. The molecule has 3 N–H and O–H groups in total. The highest BCUT2D eigenvalue weighted by Crippen LogP contribution is 2.17. The van der Waals surface area contributed by atoms with Crippen molar-refractivity contribution in [3.8, 4) is 0 Å². The molecule has 1 aliphatic heterocycles. The van der Waals surface area contributed by atoms with Crippen LogP contribution in [0.1, 0.15) is 37.8 Å². The maximum atomic E-state index is 11.9. The zero-order chi connectivity index (χ0) is 12.1. The van der Waals surface area contributed by atoms with Crippen LogP contribution in [0.2, 0.25) is 0 Å². The van der Waals surface area contributed by atoms with Gasteiger partial charge in [0.1, 0.15) is 0 Å². The van der Waals surface area contributed by atoms with Crippen molar-refractivity contribution in [2.24, 2.45) is 5.92 Å². The molecule has 0 bridgehead atoms. The number of aromatic nitrogens is 2. The van der Waals surface area contributed by atoms with Gasteiger partial charge in [-0.1, -0.05) is 0 Å². The summed E-state index contributed by atoms with van der Waals surface area (Å²) in [4.78, 5) is 11.9. The van der Waals surface area contributed by atoms with E-state index in [0.29, 0.717) is 12.3 Å². The molecule has 1 fully saturated rings. The highest BCUT2D eigenvalue weighted by molar-refractivity contribution is 5.76. The summed E-state index contributed by atoms with van der Waals surface area (Å²) in [6.45, 7) is 4.05. The van der Waals surface area contributed by atoms with Crippen LogP contribution in [-0.4, -0.2) is 29.2 Å². The monoisotopic (exact) mass is 236 g/mol. The van der Waals surface area contributed by atoms with Gasteiger partial charge in [0.05, 0.1) is 12.2 Å². The van der Waals surface area contributed by atoms with E-state index in [4.69, 9.17) is 0 Å². The fourth-order valence-corrected chi connectivity index (χ4v) is 2.23. The summed E-state index contributed by atoms with van der Waals surface area (Å²) < 4.78 is 0. The number of amides is 1. The minimum Gasteiger partial charge on any atom is -0.349 e. The Hall–Kier alpha value is -1.36. The van der Waals surface area contributed by atoms with Gasteiger partial charge in [-0.15, -0.1) is 0 Å². The first kappa shape index (κ1) is 12.1. The molecular weight excluding hydrogens is 216 g/mol. The Bertz CT molecular complexity index is 343. The molecule has 1 unspecified atom stereocenters. The van der Waals surface area contributed by atoms with Gasteiger partial charge in [0.15, 0.2) is 0 Å². The lowest BCUT2D eigenvalue weighted by molar-refractivity contribution is -0.122. The Morgan fingerprint density at radius 2 is 2.35 bits per heavy atom. The highest BCUT2D eigenvalue weighted by atomic mass is 16.1. The number of carbonyl (C=O) groups is 1. The van der Waals surface area contributed by atoms with E-state index in [1.54, 1.807) is 6.20 Å². The summed E-state index contributed by atoms with van der Waals surface area (Å²) in [5.41, 5.74) is 1.02. The Labute approximate surface area is 101 Å². The van der Waals surface area contributed by atoms with Crippen molar-refractivity contribution in [2.45, 2.75) is 32.2 Å². The van der Waals surface area contributed by atoms with Gasteiger partial charge < -0.3 is 10.6 Å². The van der Waals surface area contributed by atoms with Crippen LogP contribution in [0.5, 0.6) is 0 Å². The number of rotatable bonds is 4. The molecule has 0 aromatic carbocycles. The third-order valence-electron chi connectivity index (χ3n) is 3.33. The minimum absolute atomic E-state index is 0.0305. The number of nitrogens with zero attached hydrogens (tertiary/aromatic N) is 1. The van der Waals surface area contributed by atoms with Gasteiger partial charge in [0.25, 0.3) is 0 Å². The maximum absolute atomic E-state index is 11.9. The third-order valence-corrected chi connectivity index (χ3v) is 3.33. The van der Waals surface area contributed by atoms with Crippen molar-refractivity contribution in [2.75, 3.05) is 13.1 Å². The first-order valence-electron chi connectivity index (χ1n) is 6.24. The van der Waals surface area contributed by atoms with E-state index in [1.165, 1.54) is 0 Å². The molecule has 0 aliphatic carbocycles. The summed E-state index contributed by atoms with van der Waals surface area (Å²) >= 11 is 0. The Morgan fingerprint density at radius 1 is 1.59 bits per heavy atom. The van der Waals surface area contributed by atoms with Crippen molar-refractivity contribution in [1.82, 2.24) is 20.8 Å². The molecule has 0 spiro atoms. The van der Waals surface area contributed by atoms with Gasteiger partial charge in [-0.05, 0) is 38.8 Å². The Morgan fingerprint density at radius 3 is 3.00 bits per heavy atom. The van der Waals surface area contributed by atoms with Gasteiger partial charge in [0, 0.05) is 18.2 Å². The number of carbonyl (C=O) groups excluding carboxylic acids is 1. The fraction of sp³-hybridized carbons (Fsp3) is 0.667. The lowest BCUT2D eigenvalue weighted by atomic mass is 9.94. The molecule has 5 nitrogen and oxygen atoms in total. The summed E-state index contributed by atoms with van der Waals surface area (Å²) in [5, 5.41) is 13.0. The normalized spacial score (nSPS) is 18.9. The first-order valence-corrected chi connectivity index (χ1v) is 6.24. The van der Waals surface area contributed by atoms with Crippen LogP contribution in [0.15, 0.2) is 12.4 Å². The number of nitrogens with one attached hydrogen (secondary N) is 3. The Balaban J connectivity index is 1.76. The van der Waals surface area contributed by atoms with Crippen molar-refractivity contribution in [3.63, 3.8) is 0 Å². The summed E-state index contributed by atoms with van der Waals surface area (Å²) in [6.07, 6.45) is 6.41. The standard InChI is InChI=1S/C12H20N4O/c1-9(11-7-14-15-8-11)16-12(17)6-10-2-4-13-5-3-10/h7-10,13H,2-6H2,1H3,(H,14,15)(H,16,17). The molecular formula is C12H20N4O. The molecule has 17 heavy (non-hydrogen) atoms. The lowest BCUT2D eigenvalue weighted by Crippen LogP contribution is -2.33. The van der Waals surface area contributed by atoms with Crippen molar-refractivity contribution >= 4 is 5.91 Å². The smallest absolute Gasteiger partial charge is 0.220 e. The molecule has 1 saturated heterocycles. The minimum atomic E-state index is 0.0305. The average molecular weight is 236 g/mol. The van der Waals surface area contributed by atoms with E-state index in [0.717, 1.165) is 31.5 Å². The second-order valence-electron chi connectivity index (χ2n) is 4.72. The fourth-order valence-electron chi connectivity index (χ4n) is 2.23. The van der Waals surface area contributed by atoms with E-state index < -0.39 is 0 Å². The van der Waals surface area contributed by atoms with E-state index in [2.05, 4.69) is 20.8 Å². The quantitative estimate of drug-likeness (QED) is 0.729. The molecule has 2 rings (SSSR count). The van der Waals surface area contributed by atoms with Gasteiger partial charge in [-0.2, -0.15) is 5.10 Å². The number of H-pyrrole nitrogens is 1. The van der Waals surface area contributed by atoms with E-state index >= 15 is 0 Å². The molecule has 94 valence electrons. The Kier molecular flexibility index (Phi) is 4.14. The van der Waals surface area contributed by atoms with Gasteiger partial charge in [0.2, 0.25) is 5.91 Å². The van der Waals surface area contributed by atoms with E-state index in [9.17, 15) is 4.79 Å². The predicted molar refractivity (Wildman–Crippen MR) is 65.4 cm³/mol. The largest absolute Gasteiger partial charge is 0.349 e. The molecule has 0 saturated carbocycles. The van der Waals surface area contributed by atoms with Crippen LogP contribution < -0.4 is 10.6 Å². The van der Waals surface area contributed by atoms with Crippen LogP contribution in [0.3, 0.4) is 0 Å². The van der Waals surface area contributed by atoms with Crippen LogP contribution >= 0.6 is 0 Å². The zero-order valence-electron chi connectivity index (χ0n) is 10.2. The molecule has 0 radical (unpaired) electrons. The van der Waals surface area contributed by atoms with Crippen molar-refractivity contribution in [3.05, 3.63) is 18.0 Å². The summed E-state index contributed by atoms with van der Waals surface area (Å²) in [7, 11) is 0. The van der Waals surface area contributed by atoms with E-state index in [1.807, 2.05) is 13.1 Å². The second-order valence-corrected chi connectivity index (χ2v) is 4.72. The summed E-state index contributed by atoms with van der Waals surface area (Å²) in [6, 6.07) is 0.0305.